The summed E-state index contributed by atoms with van der Waals surface area (Å²) >= 11 is 3.75. The Kier molecular flexibility index (Phi) is 5.25. The number of hydrogen-bond donors (Lipinski definition) is 1. The van der Waals surface area contributed by atoms with E-state index in [1.54, 1.807) is 0 Å². The van der Waals surface area contributed by atoms with Crippen molar-refractivity contribution in [3.05, 3.63) is 35.9 Å². The number of hydrogen-bond acceptors (Lipinski definition) is 1. The summed E-state index contributed by atoms with van der Waals surface area (Å²) in [5, 5.41) is 3.15. The van der Waals surface area contributed by atoms with Gasteiger partial charge in [0.05, 0.1) is 5.41 Å². The topological polar surface area (TPSA) is 29.1 Å². The minimum atomic E-state index is -0.474. The Morgan fingerprint density at radius 1 is 1.25 bits per heavy atom. The van der Waals surface area contributed by atoms with Crippen LogP contribution in [-0.2, 0) is 10.2 Å². The van der Waals surface area contributed by atoms with E-state index in [-0.39, 0.29) is 5.91 Å². The summed E-state index contributed by atoms with van der Waals surface area (Å²) in [6.07, 6.45) is 5.02. The molecule has 1 aliphatic carbocycles. The molecule has 1 saturated carbocycles. The molecule has 2 nitrogen and oxygen atoms in total. The van der Waals surface area contributed by atoms with Gasteiger partial charge in [0.15, 0.2) is 0 Å². The fourth-order valence-electron chi connectivity index (χ4n) is 2.82. The minimum absolute atomic E-state index is 0.119. The molecule has 20 heavy (non-hydrogen) atoms. The molecule has 1 amide bonds. The lowest BCUT2D eigenvalue weighted by molar-refractivity contribution is -0.125. The molecule has 2 rings (SSSR count). The first-order valence-corrected chi connectivity index (χ1v) is 8.41. The van der Waals surface area contributed by atoms with Crippen molar-refractivity contribution < 1.29 is 4.79 Å². The molecule has 0 radical (unpaired) electrons. The van der Waals surface area contributed by atoms with Crippen molar-refractivity contribution in [3.63, 3.8) is 0 Å². The Labute approximate surface area is 130 Å². The highest BCUT2D eigenvalue weighted by molar-refractivity contribution is 9.09. The first kappa shape index (κ1) is 15.6. The van der Waals surface area contributed by atoms with Crippen LogP contribution < -0.4 is 5.32 Å². The highest BCUT2D eigenvalue weighted by Crippen LogP contribution is 2.30. The fraction of sp³-hybridized carbons (Fsp3) is 0.588. The number of amides is 1. The Hall–Kier alpha value is -0.830. The molecule has 110 valence electrons. The first-order chi connectivity index (χ1) is 9.51. The highest BCUT2D eigenvalue weighted by Gasteiger charge is 2.31. The second-order valence-electron chi connectivity index (χ2n) is 6.26. The van der Waals surface area contributed by atoms with E-state index < -0.39 is 5.41 Å². The molecular weight excluding hydrogens is 314 g/mol. The lowest BCUT2D eigenvalue weighted by Gasteiger charge is -2.30. The molecule has 2 atom stereocenters. The summed E-state index contributed by atoms with van der Waals surface area (Å²) < 4.78 is 0. The molecule has 1 aromatic rings. The molecule has 1 aliphatic rings. The number of carbonyl (C=O) groups excluding carboxylic acids is 1. The highest BCUT2D eigenvalue weighted by atomic mass is 79.9. The van der Waals surface area contributed by atoms with Crippen molar-refractivity contribution in [3.8, 4) is 0 Å². The van der Waals surface area contributed by atoms with Gasteiger partial charge in [0.2, 0.25) is 5.91 Å². The summed E-state index contributed by atoms with van der Waals surface area (Å²) in [4.78, 5) is 13.0. The zero-order valence-electron chi connectivity index (χ0n) is 12.4. The van der Waals surface area contributed by atoms with E-state index in [0.717, 1.165) is 12.1 Å². The quantitative estimate of drug-likeness (QED) is 0.825. The van der Waals surface area contributed by atoms with Gasteiger partial charge < -0.3 is 5.32 Å². The van der Waals surface area contributed by atoms with Crippen molar-refractivity contribution in [2.75, 3.05) is 6.54 Å². The smallest absolute Gasteiger partial charge is 0.230 e. The molecule has 0 saturated heterocycles. The number of nitrogens with one attached hydrogen (secondary N) is 1. The molecule has 3 heteroatoms. The molecule has 1 N–H and O–H groups in total. The van der Waals surface area contributed by atoms with E-state index in [2.05, 4.69) is 21.2 Å². The number of carbonyl (C=O) groups is 1. The van der Waals surface area contributed by atoms with Gasteiger partial charge in [-0.3, -0.25) is 4.79 Å². The van der Waals surface area contributed by atoms with Gasteiger partial charge in [-0.25, -0.2) is 0 Å². The number of benzene rings is 1. The Bertz CT molecular complexity index is 444. The van der Waals surface area contributed by atoms with Crippen LogP contribution in [0.25, 0.3) is 0 Å². The van der Waals surface area contributed by atoms with Gasteiger partial charge in [-0.2, -0.15) is 0 Å². The van der Waals surface area contributed by atoms with Gasteiger partial charge in [0, 0.05) is 11.4 Å². The third kappa shape index (κ3) is 3.63. The van der Waals surface area contributed by atoms with E-state index in [1.165, 1.54) is 25.7 Å². The predicted molar refractivity (Wildman–Crippen MR) is 87.2 cm³/mol. The zero-order chi connectivity index (χ0) is 14.6. The molecule has 1 fully saturated rings. The summed E-state index contributed by atoms with van der Waals surface area (Å²) in [6, 6.07) is 10.00. The Morgan fingerprint density at radius 3 is 2.55 bits per heavy atom. The van der Waals surface area contributed by atoms with Crippen LogP contribution in [0.15, 0.2) is 30.3 Å². The molecule has 0 spiro atoms. The van der Waals surface area contributed by atoms with Crippen LogP contribution in [-0.4, -0.2) is 17.3 Å². The third-order valence-electron chi connectivity index (χ3n) is 4.40. The average molecular weight is 338 g/mol. The second-order valence-corrected chi connectivity index (χ2v) is 7.44. The van der Waals surface area contributed by atoms with Crippen LogP contribution in [0, 0.1) is 5.92 Å². The third-order valence-corrected chi connectivity index (χ3v) is 5.61. The zero-order valence-corrected chi connectivity index (χ0v) is 13.9. The van der Waals surface area contributed by atoms with Gasteiger partial charge >= 0.3 is 0 Å². The maximum atomic E-state index is 12.5. The van der Waals surface area contributed by atoms with Crippen molar-refractivity contribution in [2.45, 2.75) is 49.8 Å². The Morgan fingerprint density at radius 2 is 1.90 bits per heavy atom. The van der Waals surface area contributed by atoms with Crippen LogP contribution >= 0.6 is 15.9 Å². The van der Waals surface area contributed by atoms with Crippen molar-refractivity contribution in [1.82, 2.24) is 5.32 Å². The molecule has 1 aromatic carbocycles. The molecule has 0 aromatic heterocycles. The largest absolute Gasteiger partial charge is 0.355 e. The van der Waals surface area contributed by atoms with E-state index >= 15 is 0 Å². The molecular formula is C17H24BrNO. The number of halogens is 1. The van der Waals surface area contributed by atoms with Crippen LogP contribution in [0.1, 0.15) is 45.1 Å². The summed E-state index contributed by atoms with van der Waals surface area (Å²) in [7, 11) is 0. The lowest BCUT2D eigenvalue weighted by atomic mass is 9.83. The number of alkyl halides is 1. The van der Waals surface area contributed by atoms with E-state index in [9.17, 15) is 4.79 Å². The van der Waals surface area contributed by atoms with Crippen LogP contribution in [0.5, 0.6) is 0 Å². The van der Waals surface area contributed by atoms with E-state index in [4.69, 9.17) is 0 Å². The second kappa shape index (κ2) is 6.75. The van der Waals surface area contributed by atoms with Gasteiger partial charge in [-0.05, 0) is 38.2 Å². The summed E-state index contributed by atoms with van der Waals surface area (Å²) in [6.45, 7) is 4.76. The van der Waals surface area contributed by atoms with Crippen molar-refractivity contribution in [1.29, 1.82) is 0 Å². The van der Waals surface area contributed by atoms with Gasteiger partial charge in [-0.15, -0.1) is 0 Å². The first-order valence-electron chi connectivity index (χ1n) is 7.49. The van der Waals surface area contributed by atoms with Crippen LogP contribution in [0.4, 0.5) is 0 Å². The minimum Gasteiger partial charge on any atom is -0.355 e. The van der Waals surface area contributed by atoms with Crippen molar-refractivity contribution in [2.24, 2.45) is 5.92 Å². The normalized spacial score (nSPS) is 23.4. The average Bonchev–Trinajstić information content (AvgIpc) is 2.47. The molecule has 0 bridgehead atoms. The maximum Gasteiger partial charge on any atom is 0.230 e. The van der Waals surface area contributed by atoms with E-state index in [0.29, 0.717) is 10.7 Å². The van der Waals surface area contributed by atoms with Gasteiger partial charge in [0.25, 0.3) is 0 Å². The predicted octanol–water partition coefficient (Wildman–Crippen LogP) is 4.03. The molecule has 2 unspecified atom stereocenters. The van der Waals surface area contributed by atoms with Crippen LogP contribution in [0.2, 0.25) is 0 Å². The Balaban J connectivity index is 1.94. The standard InChI is InChI=1S/C17H24BrNO/c1-17(2,14-9-4-3-5-10-14)16(20)19-12-13-8-6-7-11-15(13)18/h3-5,9-10,13,15H,6-8,11-12H2,1-2H3,(H,19,20). The molecule has 0 aliphatic heterocycles. The summed E-state index contributed by atoms with van der Waals surface area (Å²) in [5.74, 6) is 0.688. The fourth-order valence-corrected chi connectivity index (χ4v) is 3.60. The van der Waals surface area contributed by atoms with Crippen LogP contribution in [0.3, 0.4) is 0 Å². The maximum absolute atomic E-state index is 12.5. The van der Waals surface area contributed by atoms with E-state index in [1.807, 2.05) is 44.2 Å². The van der Waals surface area contributed by atoms with Gasteiger partial charge in [-0.1, -0.05) is 59.1 Å². The summed E-state index contributed by atoms with van der Waals surface area (Å²) in [5.41, 5.74) is 0.592. The lowest BCUT2D eigenvalue weighted by Crippen LogP contribution is -2.43. The van der Waals surface area contributed by atoms with Gasteiger partial charge in [0.1, 0.15) is 0 Å². The molecule has 0 heterocycles. The monoisotopic (exact) mass is 337 g/mol. The SMILES string of the molecule is CC(C)(C(=O)NCC1CCCCC1Br)c1ccccc1. The van der Waals surface area contributed by atoms with Crippen molar-refractivity contribution >= 4 is 21.8 Å². The number of rotatable bonds is 4.